The molecule has 0 aliphatic heterocycles. The van der Waals surface area contributed by atoms with Crippen LogP contribution in [0, 0.1) is 0 Å². The van der Waals surface area contributed by atoms with Crippen molar-refractivity contribution < 1.29 is 0 Å². The van der Waals surface area contributed by atoms with Crippen LogP contribution < -0.4 is 10.9 Å². The van der Waals surface area contributed by atoms with Crippen molar-refractivity contribution in [2.45, 2.75) is 58.5 Å². The third kappa shape index (κ3) is 2.66. The van der Waals surface area contributed by atoms with Crippen LogP contribution in [-0.4, -0.2) is 11.1 Å². The molecule has 0 radical (unpaired) electrons. The van der Waals surface area contributed by atoms with Crippen molar-refractivity contribution in [1.29, 1.82) is 0 Å². The Bertz CT molecular complexity index is 450. The van der Waals surface area contributed by atoms with E-state index in [1.54, 1.807) is 6.07 Å². The van der Waals surface area contributed by atoms with E-state index in [1.165, 1.54) is 24.1 Å². The van der Waals surface area contributed by atoms with E-state index in [0.29, 0.717) is 6.04 Å². The molecular formula is C15H24N2O. The van der Waals surface area contributed by atoms with Gasteiger partial charge in [0.15, 0.2) is 0 Å². The van der Waals surface area contributed by atoms with E-state index in [-0.39, 0.29) is 5.56 Å². The Morgan fingerprint density at radius 3 is 2.89 bits per heavy atom. The third-order valence-corrected chi connectivity index (χ3v) is 3.70. The van der Waals surface area contributed by atoms with Crippen LogP contribution in [0.1, 0.15) is 56.8 Å². The number of aromatic nitrogens is 1. The highest BCUT2D eigenvalue weighted by Crippen LogP contribution is 2.28. The van der Waals surface area contributed by atoms with Crippen LogP contribution in [-0.2, 0) is 13.0 Å². The van der Waals surface area contributed by atoms with Gasteiger partial charge in [0.05, 0.1) is 0 Å². The average molecular weight is 248 g/mol. The lowest BCUT2D eigenvalue weighted by Crippen LogP contribution is -2.32. The summed E-state index contributed by atoms with van der Waals surface area (Å²) in [4.78, 5) is 11.9. The van der Waals surface area contributed by atoms with Gasteiger partial charge in [-0.3, -0.25) is 4.79 Å². The molecule has 0 spiro atoms. The van der Waals surface area contributed by atoms with Gasteiger partial charge < -0.3 is 9.88 Å². The van der Waals surface area contributed by atoms with Gasteiger partial charge in [-0.1, -0.05) is 19.9 Å². The number of fused-ring (bicyclic) bond motifs is 1. The summed E-state index contributed by atoms with van der Waals surface area (Å²) < 4.78 is 1.98. The summed E-state index contributed by atoms with van der Waals surface area (Å²) in [5.41, 5.74) is 2.78. The maximum absolute atomic E-state index is 11.9. The highest BCUT2D eigenvalue weighted by Gasteiger charge is 2.22. The Labute approximate surface area is 109 Å². The first-order chi connectivity index (χ1) is 8.77. The van der Waals surface area contributed by atoms with E-state index in [9.17, 15) is 4.79 Å². The van der Waals surface area contributed by atoms with Crippen LogP contribution in [0.3, 0.4) is 0 Å². The number of pyridine rings is 1. The standard InChI is InChI=1S/C15H24N2O/c1-3-10-16-13-6-5-7-14-12(13)8-9-15(18)17(14)11-4-2/h8-9,13,16H,3-7,10-11H2,1-2H3. The fourth-order valence-corrected chi connectivity index (χ4v) is 2.86. The summed E-state index contributed by atoms with van der Waals surface area (Å²) >= 11 is 0. The number of nitrogens with zero attached hydrogens (tertiary/aromatic N) is 1. The lowest BCUT2D eigenvalue weighted by atomic mass is 9.90. The van der Waals surface area contributed by atoms with Crippen LogP contribution in [0.15, 0.2) is 16.9 Å². The smallest absolute Gasteiger partial charge is 0.250 e. The van der Waals surface area contributed by atoms with Gasteiger partial charge in [0.1, 0.15) is 0 Å². The van der Waals surface area contributed by atoms with Crippen LogP contribution in [0.5, 0.6) is 0 Å². The lowest BCUT2D eigenvalue weighted by molar-refractivity contribution is 0.439. The quantitative estimate of drug-likeness (QED) is 0.869. The molecule has 1 aliphatic rings. The minimum absolute atomic E-state index is 0.159. The van der Waals surface area contributed by atoms with Crippen molar-refractivity contribution >= 4 is 0 Å². The summed E-state index contributed by atoms with van der Waals surface area (Å²) in [7, 11) is 0. The number of hydrogen-bond donors (Lipinski definition) is 1. The van der Waals surface area contributed by atoms with Gasteiger partial charge in [-0.05, 0) is 44.2 Å². The Kier molecular flexibility index (Phi) is 4.59. The zero-order valence-corrected chi connectivity index (χ0v) is 11.5. The molecule has 100 valence electrons. The molecule has 1 N–H and O–H groups in total. The van der Waals surface area contributed by atoms with Gasteiger partial charge >= 0.3 is 0 Å². The third-order valence-electron chi connectivity index (χ3n) is 3.70. The molecule has 0 aromatic carbocycles. The predicted octanol–water partition coefficient (Wildman–Crippen LogP) is 2.64. The molecule has 0 saturated heterocycles. The fraction of sp³-hybridized carbons (Fsp3) is 0.667. The molecule has 3 nitrogen and oxygen atoms in total. The largest absolute Gasteiger partial charge is 0.312 e. The monoisotopic (exact) mass is 248 g/mol. The first kappa shape index (κ1) is 13.3. The molecule has 0 bridgehead atoms. The van der Waals surface area contributed by atoms with Gasteiger partial charge in [0, 0.05) is 24.3 Å². The van der Waals surface area contributed by atoms with E-state index in [0.717, 1.165) is 32.4 Å². The summed E-state index contributed by atoms with van der Waals surface area (Å²) in [5, 5.41) is 3.60. The summed E-state index contributed by atoms with van der Waals surface area (Å²) in [6, 6.07) is 4.22. The molecule has 1 aliphatic carbocycles. The number of rotatable bonds is 5. The Morgan fingerprint density at radius 2 is 2.17 bits per heavy atom. The SMILES string of the molecule is CCCNC1CCCc2c1ccc(=O)n2CCC. The Hall–Kier alpha value is -1.09. The van der Waals surface area contributed by atoms with E-state index >= 15 is 0 Å². The maximum atomic E-state index is 11.9. The van der Waals surface area contributed by atoms with Gasteiger partial charge in [-0.15, -0.1) is 0 Å². The van der Waals surface area contributed by atoms with Crippen molar-refractivity contribution in [2.24, 2.45) is 0 Å². The van der Waals surface area contributed by atoms with Crippen molar-refractivity contribution in [2.75, 3.05) is 6.54 Å². The number of nitrogens with one attached hydrogen (secondary N) is 1. The van der Waals surface area contributed by atoms with Crippen molar-refractivity contribution in [3.05, 3.63) is 33.7 Å². The molecule has 1 heterocycles. The van der Waals surface area contributed by atoms with Crippen LogP contribution >= 0.6 is 0 Å². The zero-order valence-electron chi connectivity index (χ0n) is 11.5. The minimum atomic E-state index is 0.159. The molecular weight excluding hydrogens is 224 g/mol. The van der Waals surface area contributed by atoms with Crippen molar-refractivity contribution in [3.8, 4) is 0 Å². The average Bonchev–Trinajstić information content (AvgIpc) is 2.39. The molecule has 1 unspecified atom stereocenters. The van der Waals surface area contributed by atoms with E-state index < -0.39 is 0 Å². The molecule has 1 aromatic heterocycles. The van der Waals surface area contributed by atoms with E-state index in [1.807, 2.05) is 10.6 Å². The van der Waals surface area contributed by atoms with E-state index in [4.69, 9.17) is 0 Å². The van der Waals surface area contributed by atoms with Gasteiger partial charge in [0.25, 0.3) is 5.56 Å². The molecule has 0 amide bonds. The van der Waals surface area contributed by atoms with Gasteiger partial charge in [-0.2, -0.15) is 0 Å². The Morgan fingerprint density at radius 1 is 1.33 bits per heavy atom. The summed E-state index contributed by atoms with van der Waals surface area (Å²) in [6.07, 6.45) is 5.60. The second-order valence-electron chi connectivity index (χ2n) is 5.12. The molecule has 18 heavy (non-hydrogen) atoms. The minimum Gasteiger partial charge on any atom is -0.312 e. The topological polar surface area (TPSA) is 34.0 Å². The van der Waals surface area contributed by atoms with Crippen LogP contribution in [0.25, 0.3) is 0 Å². The molecule has 1 atom stereocenters. The van der Waals surface area contributed by atoms with Crippen molar-refractivity contribution in [3.63, 3.8) is 0 Å². The predicted molar refractivity (Wildman–Crippen MR) is 75.0 cm³/mol. The molecule has 0 saturated carbocycles. The van der Waals surface area contributed by atoms with Crippen LogP contribution in [0.2, 0.25) is 0 Å². The summed E-state index contributed by atoms with van der Waals surface area (Å²) in [5.74, 6) is 0. The first-order valence-corrected chi connectivity index (χ1v) is 7.24. The van der Waals surface area contributed by atoms with E-state index in [2.05, 4.69) is 19.2 Å². The van der Waals surface area contributed by atoms with Gasteiger partial charge in [0.2, 0.25) is 0 Å². The molecule has 3 heteroatoms. The Balaban J connectivity index is 2.34. The maximum Gasteiger partial charge on any atom is 0.250 e. The molecule has 0 fully saturated rings. The van der Waals surface area contributed by atoms with Crippen molar-refractivity contribution in [1.82, 2.24) is 9.88 Å². The first-order valence-electron chi connectivity index (χ1n) is 7.24. The number of hydrogen-bond acceptors (Lipinski definition) is 2. The normalized spacial score (nSPS) is 18.7. The molecule has 1 aromatic rings. The second-order valence-corrected chi connectivity index (χ2v) is 5.12. The lowest BCUT2D eigenvalue weighted by Gasteiger charge is -2.28. The highest BCUT2D eigenvalue weighted by molar-refractivity contribution is 5.27. The second kappa shape index (κ2) is 6.19. The highest BCUT2D eigenvalue weighted by atomic mass is 16.1. The van der Waals surface area contributed by atoms with Crippen LogP contribution in [0.4, 0.5) is 0 Å². The fourth-order valence-electron chi connectivity index (χ4n) is 2.86. The summed E-state index contributed by atoms with van der Waals surface area (Å²) in [6.45, 7) is 6.22. The van der Waals surface area contributed by atoms with Gasteiger partial charge in [-0.25, -0.2) is 0 Å². The zero-order chi connectivity index (χ0) is 13.0. The molecule has 2 rings (SSSR count).